The summed E-state index contributed by atoms with van der Waals surface area (Å²) in [5, 5.41) is 2.58. The summed E-state index contributed by atoms with van der Waals surface area (Å²) < 4.78 is 5.50. The molecule has 1 fully saturated rings. The molecule has 7 heteroatoms. The maximum absolute atomic E-state index is 13.1. The van der Waals surface area contributed by atoms with Crippen LogP contribution in [0.1, 0.15) is 50.4 Å². The second kappa shape index (κ2) is 7.29. The molecule has 0 unspecified atom stereocenters. The number of ether oxygens (including phenoxy) is 1. The first-order valence-electron chi connectivity index (χ1n) is 8.63. The molecule has 2 heterocycles. The van der Waals surface area contributed by atoms with Crippen molar-refractivity contribution >= 4 is 11.8 Å². The summed E-state index contributed by atoms with van der Waals surface area (Å²) in [6.07, 6.45) is 0.640. The Bertz CT molecular complexity index is 810. The quantitative estimate of drug-likeness (QED) is 0.877. The molecular formula is C19H24N4O3. The molecule has 2 amide bonds. The molecule has 3 rings (SSSR count). The van der Waals surface area contributed by atoms with E-state index >= 15 is 0 Å². The Balaban J connectivity index is 1.92. The minimum Gasteiger partial charge on any atom is -0.380 e. The number of rotatable bonds is 4. The van der Waals surface area contributed by atoms with Crippen LogP contribution in [-0.4, -0.2) is 53.5 Å². The van der Waals surface area contributed by atoms with E-state index in [-0.39, 0.29) is 24.0 Å². The van der Waals surface area contributed by atoms with Crippen LogP contribution in [0.15, 0.2) is 24.3 Å². The van der Waals surface area contributed by atoms with Crippen LogP contribution in [-0.2, 0) is 4.74 Å². The third-order valence-electron chi connectivity index (χ3n) is 4.92. The van der Waals surface area contributed by atoms with Crippen molar-refractivity contribution in [1.29, 1.82) is 0 Å². The van der Waals surface area contributed by atoms with E-state index in [0.717, 1.165) is 17.2 Å². The Morgan fingerprint density at radius 1 is 1.31 bits per heavy atom. The van der Waals surface area contributed by atoms with Gasteiger partial charge in [0, 0.05) is 43.9 Å². The number of carbonyl (C=O) groups excluding carboxylic acids is 2. The number of carbonyl (C=O) groups is 2. The Kier molecular flexibility index (Phi) is 5.08. The van der Waals surface area contributed by atoms with Crippen LogP contribution in [0.2, 0.25) is 0 Å². The summed E-state index contributed by atoms with van der Waals surface area (Å²) >= 11 is 0. The van der Waals surface area contributed by atoms with Crippen molar-refractivity contribution in [2.24, 2.45) is 0 Å². The second-order valence-corrected chi connectivity index (χ2v) is 6.56. The number of aromatic amines is 1. The van der Waals surface area contributed by atoms with Gasteiger partial charge in [0.2, 0.25) is 0 Å². The third-order valence-corrected chi connectivity index (χ3v) is 4.92. The van der Waals surface area contributed by atoms with Crippen LogP contribution in [0.4, 0.5) is 0 Å². The van der Waals surface area contributed by atoms with Gasteiger partial charge in [-0.3, -0.25) is 9.59 Å². The number of hydrogen-bond acceptors (Lipinski definition) is 4. The predicted octanol–water partition coefficient (Wildman–Crippen LogP) is 1.99. The van der Waals surface area contributed by atoms with Crippen molar-refractivity contribution in [3.63, 3.8) is 0 Å². The molecule has 0 radical (unpaired) electrons. The molecular weight excluding hydrogens is 332 g/mol. The number of aromatic nitrogens is 2. The topological polar surface area (TPSA) is 87.3 Å². The first kappa shape index (κ1) is 18.1. The van der Waals surface area contributed by atoms with Crippen LogP contribution < -0.4 is 5.32 Å². The van der Waals surface area contributed by atoms with Crippen molar-refractivity contribution in [3.8, 4) is 0 Å². The lowest BCUT2D eigenvalue weighted by Crippen LogP contribution is -2.32. The summed E-state index contributed by atoms with van der Waals surface area (Å²) in [5.74, 6) is 0.423. The third kappa shape index (κ3) is 3.35. The number of nitrogens with one attached hydrogen (secondary N) is 2. The minimum atomic E-state index is -0.218. The average molecular weight is 356 g/mol. The minimum absolute atomic E-state index is 0.0446. The van der Waals surface area contributed by atoms with Gasteiger partial charge in [-0.2, -0.15) is 0 Å². The van der Waals surface area contributed by atoms with Gasteiger partial charge in [-0.1, -0.05) is 6.07 Å². The van der Waals surface area contributed by atoms with Gasteiger partial charge in [-0.25, -0.2) is 4.98 Å². The highest BCUT2D eigenvalue weighted by atomic mass is 16.5. The molecule has 0 spiro atoms. The van der Waals surface area contributed by atoms with E-state index < -0.39 is 0 Å². The lowest BCUT2D eigenvalue weighted by atomic mass is 10.1. The van der Waals surface area contributed by atoms with E-state index in [2.05, 4.69) is 15.3 Å². The van der Waals surface area contributed by atoms with Crippen LogP contribution in [0.5, 0.6) is 0 Å². The normalized spacial score (nSPS) is 19.6. The number of nitrogens with zero attached hydrogens (tertiary/aromatic N) is 2. The molecule has 26 heavy (non-hydrogen) atoms. The molecule has 1 aliphatic heterocycles. The van der Waals surface area contributed by atoms with Gasteiger partial charge < -0.3 is 19.9 Å². The lowest BCUT2D eigenvalue weighted by Gasteiger charge is -2.23. The molecule has 0 aliphatic carbocycles. The van der Waals surface area contributed by atoms with Crippen molar-refractivity contribution < 1.29 is 14.3 Å². The number of H-pyrrole nitrogens is 1. The van der Waals surface area contributed by atoms with Gasteiger partial charge in [0.15, 0.2) is 0 Å². The van der Waals surface area contributed by atoms with Gasteiger partial charge in [-0.05, 0) is 32.0 Å². The molecule has 7 nitrogen and oxygen atoms in total. The first-order valence-corrected chi connectivity index (χ1v) is 8.63. The van der Waals surface area contributed by atoms with Gasteiger partial charge in [0.1, 0.15) is 5.82 Å². The fraction of sp³-hybridized carbons (Fsp3) is 0.421. The molecule has 2 aromatic rings. The average Bonchev–Trinajstić information content (AvgIpc) is 3.24. The highest BCUT2D eigenvalue weighted by Gasteiger charge is 2.38. The van der Waals surface area contributed by atoms with Gasteiger partial charge in [0.25, 0.3) is 11.8 Å². The zero-order valence-corrected chi connectivity index (χ0v) is 15.5. The number of methoxy groups -OCH3 is 1. The van der Waals surface area contributed by atoms with Crippen molar-refractivity contribution in [2.75, 3.05) is 20.7 Å². The molecule has 1 saturated heterocycles. The van der Waals surface area contributed by atoms with Crippen LogP contribution in [0, 0.1) is 13.8 Å². The molecule has 0 saturated carbocycles. The zero-order chi connectivity index (χ0) is 18.8. The standard InChI is InChI=1S/C19H24N4O3/c1-11-12(2)22-17(21-11)16-9-15(26-4)10-23(16)19(25)14-7-5-6-13(8-14)18(24)20-3/h5-8,15-16H,9-10H2,1-4H3,(H,20,24)(H,21,22)/t15-,16+/m1/s1. The summed E-state index contributed by atoms with van der Waals surface area (Å²) in [6.45, 7) is 4.40. The van der Waals surface area contributed by atoms with E-state index in [1.165, 1.54) is 0 Å². The fourth-order valence-electron chi connectivity index (χ4n) is 3.29. The summed E-state index contributed by atoms with van der Waals surface area (Å²) in [7, 11) is 3.22. The zero-order valence-electron chi connectivity index (χ0n) is 15.5. The van der Waals surface area contributed by atoms with Gasteiger partial charge in [0.05, 0.1) is 17.8 Å². The Morgan fingerprint density at radius 3 is 2.65 bits per heavy atom. The summed E-state index contributed by atoms with van der Waals surface area (Å²) in [5.41, 5.74) is 2.86. The van der Waals surface area contributed by atoms with Crippen LogP contribution in [0.25, 0.3) is 0 Å². The predicted molar refractivity (Wildman–Crippen MR) is 97.1 cm³/mol. The molecule has 138 valence electrons. The van der Waals surface area contributed by atoms with E-state index in [9.17, 15) is 9.59 Å². The number of amides is 2. The molecule has 1 aromatic carbocycles. The Labute approximate surface area is 152 Å². The van der Waals surface area contributed by atoms with E-state index in [4.69, 9.17) is 4.74 Å². The lowest BCUT2D eigenvalue weighted by molar-refractivity contribution is 0.0684. The van der Waals surface area contributed by atoms with Crippen molar-refractivity contribution in [2.45, 2.75) is 32.4 Å². The molecule has 1 aromatic heterocycles. The maximum atomic E-state index is 13.1. The molecule has 1 aliphatic rings. The van der Waals surface area contributed by atoms with Crippen LogP contribution in [0.3, 0.4) is 0 Å². The maximum Gasteiger partial charge on any atom is 0.254 e. The summed E-state index contributed by atoms with van der Waals surface area (Å²) in [4.78, 5) is 34.6. The van der Waals surface area contributed by atoms with Gasteiger partial charge >= 0.3 is 0 Å². The first-order chi connectivity index (χ1) is 12.4. The van der Waals surface area contributed by atoms with E-state index in [0.29, 0.717) is 24.1 Å². The molecule has 0 bridgehead atoms. The molecule has 2 atom stereocenters. The SMILES string of the molecule is CNC(=O)c1cccc(C(=O)N2C[C@H](OC)C[C@H]2c2nc(C)c(C)[nH]2)c1. The van der Waals surface area contributed by atoms with Gasteiger partial charge in [-0.15, -0.1) is 0 Å². The monoisotopic (exact) mass is 356 g/mol. The number of imidazole rings is 1. The number of benzene rings is 1. The largest absolute Gasteiger partial charge is 0.380 e. The highest BCUT2D eigenvalue weighted by molar-refractivity contribution is 5.99. The van der Waals surface area contributed by atoms with Crippen molar-refractivity contribution in [3.05, 3.63) is 52.6 Å². The Hall–Kier alpha value is -2.67. The van der Waals surface area contributed by atoms with E-state index in [1.54, 1.807) is 43.3 Å². The Morgan fingerprint density at radius 2 is 2.04 bits per heavy atom. The number of likely N-dealkylation sites (tertiary alicyclic amines) is 1. The van der Waals surface area contributed by atoms with Crippen molar-refractivity contribution in [1.82, 2.24) is 20.2 Å². The fourth-order valence-corrected chi connectivity index (χ4v) is 3.29. The number of hydrogen-bond donors (Lipinski definition) is 2. The smallest absolute Gasteiger partial charge is 0.254 e. The molecule has 2 N–H and O–H groups in total. The number of aryl methyl sites for hydroxylation is 2. The second-order valence-electron chi connectivity index (χ2n) is 6.56. The van der Waals surface area contributed by atoms with E-state index in [1.807, 2.05) is 13.8 Å². The highest BCUT2D eigenvalue weighted by Crippen LogP contribution is 2.33. The van der Waals surface area contributed by atoms with Crippen LogP contribution >= 0.6 is 0 Å². The summed E-state index contributed by atoms with van der Waals surface area (Å²) in [6, 6.07) is 6.58.